The van der Waals surface area contributed by atoms with Gasteiger partial charge < -0.3 is 10.1 Å². The van der Waals surface area contributed by atoms with E-state index in [0.29, 0.717) is 24.2 Å². The highest BCUT2D eigenvalue weighted by Gasteiger charge is 2.35. The van der Waals surface area contributed by atoms with Crippen molar-refractivity contribution < 1.29 is 28.7 Å². The number of ketones is 1. The van der Waals surface area contributed by atoms with Gasteiger partial charge >= 0.3 is 5.97 Å². The van der Waals surface area contributed by atoms with E-state index < -0.39 is 23.9 Å². The number of anilines is 1. The van der Waals surface area contributed by atoms with Gasteiger partial charge in [-0.15, -0.1) is 0 Å². The Bertz CT molecular complexity index is 1110. The maximum absolute atomic E-state index is 12.6. The van der Waals surface area contributed by atoms with Crippen LogP contribution in [0.2, 0.25) is 0 Å². The van der Waals surface area contributed by atoms with Crippen LogP contribution in [0, 0.1) is 0 Å². The molecule has 0 saturated carbocycles. The minimum absolute atomic E-state index is 0.0611. The zero-order valence-corrected chi connectivity index (χ0v) is 18.1. The normalized spacial score (nSPS) is 13.5. The number of amides is 3. The number of carbonyl (C=O) groups excluding carboxylic acids is 5. The standard InChI is InChI=1S/C24H24N2O6/c1-4-5-12-26-22(29)18-11-10-16(13-19(18)23(26)30)24(31)32-15(3)21(28)25-20-9-7-6-8-17(20)14(2)27/h6-11,13,15H,4-5,12H2,1-3H3,(H,25,28). The van der Waals surface area contributed by atoms with Gasteiger partial charge in [0.1, 0.15) is 0 Å². The number of ether oxygens (including phenoxy) is 1. The van der Waals surface area contributed by atoms with E-state index in [1.807, 2.05) is 6.92 Å². The minimum Gasteiger partial charge on any atom is -0.449 e. The number of nitrogens with zero attached hydrogens (tertiary/aromatic N) is 1. The number of imide groups is 1. The summed E-state index contributed by atoms with van der Waals surface area (Å²) < 4.78 is 5.24. The van der Waals surface area contributed by atoms with Gasteiger partial charge in [-0.2, -0.15) is 0 Å². The molecule has 8 nitrogen and oxygen atoms in total. The molecule has 0 aliphatic carbocycles. The minimum atomic E-state index is -1.16. The Morgan fingerprint density at radius 3 is 2.41 bits per heavy atom. The summed E-state index contributed by atoms with van der Waals surface area (Å²) in [6, 6.07) is 10.7. The largest absolute Gasteiger partial charge is 0.449 e. The number of unbranched alkanes of at least 4 members (excludes halogenated alkanes) is 1. The molecule has 2 aromatic carbocycles. The number of Topliss-reactive ketones (excluding diaryl/α,β-unsaturated/α-hetero) is 1. The Balaban J connectivity index is 1.70. The number of esters is 1. The summed E-state index contributed by atoms with van der Waals surface area (Å²) in [5.74, 6) is -2.45. The van der Waals surface area contributed by atoms with Crippen molar-refractivity contribution in [2.75, 3.05) is 11.9 Å². The summed E-state index contributed by atoms with van der Waals surface area (Å²) in [4.78, 5) is 62.9. The van der Waals surface area contributed by atoms with Crippen LogP contribution < -0.4 is 5.32 Å². The van der Waals surface area contributed by atoms with Crippen molar-refractivity contribution in [2.45, 2.75) is 39.7 Å². The van der Waals surface area contributed by atoms with Crippen molar-refractivity contribution in [3.05, 3.63) is 64.7 Å². The highest BCUT2D eigenvalue weighted by atomic mass is 16.5. The van der Waals surface area contributed by atoms with Crippen LogP contribution in [-0.2, 0) is 9.53 Å². The molecule has 0 spiro atoms. The van der Waals surface area contributed by atoms with Gasteiger partial charge in [0.2, 0.25) is 0 Å². The summed E-state index contributed by atoms with van der Waals surface area (Å²) in [5, 5.41) is 2.59. The third kappa shape index (κ3) is 4.59. The van der Waals surface area contributed by atoms with Crippen LogP contribution in [0.5, 0.6) is 0 Å². The maximum atomic E-state index is 12.6. The Morgan fingerprint density at radius 2 is 1.72 bits per heavy atom. The molecule has 0 bridgehead atoms. The van der Waals surface area contributed by atoms with Crippen molar-refractivity contribution in [3.8, 4) is 0 Å². The van der Waals surface area contributed by atoms with Crippen LogP contribution in [0.1, 0.15) is 75.0 Å². The Kier molecular flexibility index (Phi) is 6.82. The summed E-state index contributed by atoms with van der Waals surface area (Å²) in [5.41, 5.74) is 1.11. The number of rotatable bonds is 8. The van der Waals surface area contributed by atoms with Gasteiger partial charge in [0.05, 0.1) is 22.4 Å². The van der Waals surface area contributed by atoms with Crippen LogP contribution in [0.4, 0.5) is 5.69 Å². The molecular formula is C24H24N2O6. The predicted octanol–water partition coefficient (Wildman–Crippen LogP) is 3.47. The fraction of sp³-hybridized carbons (Fsp3) is 0.292. The lowest BCUT2D eigenvalue weighted by Crippen LogP contribution is -2.30. The molecule has 1 aliphatic rings. The second kappa shape index (κ2) is 9.55. The molecule has 1 heterocycles. The SMILES string of the molecule is CCCCN1C(=O)c2ccc(C(=O)OC(C)C(=O)Nc3ccccc3C(C)=O)cc2C1=O. The average molecular weight is 436 g/mol. The van der Waals surface area contributed by atoms with Crippen molar-refractivity contribution in [1.82, 2.24) is 4.90 Å². The monoisotopic (exact) mass is 436 g/mol. The van der Waals surface area contributed by atoms with Crippen molar-refractivity contribution in [2.24, 2.45) is 0 Å². The smallest absolute Gasteiger partial charge is 0.338 e. The van der Waals surface area contributed by atoms with E-state index in [1.54, 1.807) is 24.3 Å². The van der Waals surface area contributed by atoms with Gasteiger partial charge in [0.25, 0.3) is 17.7 Å². The van der Waals surface area contributed by atoms with Crippen molar-refractivity contribution in [3.63, 3.8) is 0 Å². The number of nitrogens with one attached hydrogen (secondary N) is 1. The second-order valence-corrected chi connectivity index (χ2v) is 7.51. The van der Waals surface area contributed by atoms with Crippen LogP contribution in [0.15, 0.2) is 42.5 Å². The molecule has 32 heavy (non-hydrogen) atoms. The average Bonchev–Trinajstić information content (AvgIpc) is 3.01. The first-order valence-electron chi connectivity index (χ1n) is 10.4. The first-order valence-corrected chi connectivity index (χ1v) is 10.4. The Hall–Kier alpha value is -3.81. The summed E-state index contributed by atoms with van der Waals surface area (Å²) in [6.07, 6.45) is 0.371. The molecular weight excluding hydrogens is 412 g/mol. The summed E-state index contributed by atoms with van der Waals surface area (Å²) >= 11 is 0. The van der Waals surface area contributed by atoms with Gasteiger partial charge in [-0.3, -0.25) is 24.1 Å². The molecule has 3 rings (SSSR count). The lowest BCUT2D eigenvalue weighted by molar-refractivity contribution is -0.123. The van der Waals surface area contributed by atoms with Crippen LogP contribution in [0.25, 0.3) is 0 Å². The number of benzene rings is 2. The summed E-state index contributed by atoms with van der Waals surface area (Å²) in [6.45, 7) is 5.07. The van der Waals surface area contributed by atoms with Gasteiger partial charge in [-0.1, -0.05) is 25.5 Å². The molecule has 3 amide bonds. The molecule has 1 N–H and O–H groups in total. The van der Waals surface area contributed by atoms with Crippen molar-refractivity contribution >= 4 is 35.2 Å². The first kappa shape index (κ1) is 22.9. The molecule has 1 unspecified atom stereocenters. The molecule has 0 fully saturated rings. The number of hydrogen-bond donors (Lipinski definition) is 1. The van der Waals surface area contributed by atoms with E-state index in [2.05, 4.69) is 5.32 Å². The van der Waals surface area contributed by atoms with Crippen LogP contribution >= 0.6 is 0 Å². The third-order valence-electron chi connectivity index (χ3n) is 5.16. The topological polar surface area (TPSA) is 110 Å². The molecule has 0 aromatic heterocycles. The quantitative estimate of drug-likeness (QED) is 0.385. The summed E-state index contributed by atoms with van der Waals surface area (Å²) in [7, 11) is 0. The highest BCUT2D eigenvalue weighted by Crippen LogP contribution is 2.25. The Labute approximate surface area is 185 Å². The van der Waals surface area contributed by atoms with E-state index in [0.717, 1.165) is 6.42 Å². The van der Waals surface area contributed by atoms with Gasteiger partial charge in [0, 0.05) is 12.1 Å². The van der Waals surface area contributed by atoms with E-state index in [-0.39, 0.29) is 28.4 Å². The maximum Gasteiger partial charge on any atom is 0.338 e. The lowest BCUT2D eigenvalue weighted by atomic mass is 10.1. The highest BCUT2D eigenvalue weighted by molar-refractivity contribution is 6.22. The van der Waals surface area contributed by atoms with E-state index in [9.17, 15) is 24.0 Å². The van der Waals surface area contributed by atoms with Crippen molar-refractivity contribution in [1.29, 1.82) is 0 Å². The van der Waals surface area contributed by atoms with Gasteiger partial charge in [-0.05, 0) is 50.6 Å². The molecule has 1 atom stereocenters. The lowest BCUT2D eigenvalue weighted by Gasteiger charge is -2.15. The van der Waals surface area contributed by atoms with E-state index >= 15 is 0 Å². The molecule has 0 saturated heterocycles. The molecule has 166 valence electrons. The van der Waals surface area contributed by atoms with Gasteiger partial charge in [-0.25, -0.2) is 4.79 Å². The number of carbonyl (C=O) groups is 5. The Morgan fingerprint density at radius 1 is 1.03 bits per heavy atom. The second-order valence-electron chi connectivity index (χ2n) is 7.51. The van der Waals surface area contributed by atoms with E-state index in [1.165, 1.54) is 36.9 Å². The van der Waals surface area contributed by atoms with Crippen LogP contribution in [0.3, 0.4) is 0 Å². The number of fused-ring (bicyclic) bond motifs is 1. The third-order valence-corrected chi connectivity index (χ3v) is 5.16. The molecule has 0 radical (unpaired) electrons. The zero-order chi connectivity index (χ0) is 23.4. The zero-order valence-electron chi connectivity index (χ0n) is 18.1. The molecule has 1 aliphatic heterocycles. The number of hydrogen-bond acceptors (Lipinski definition) is 6. The fourth-order valence-corrected chi connectivity index (χ4v) is 3.35. The molecule has 2 aromatic rings. The van der Waals surface area contributed by atoms with Crippen LogP contribution in [-0.4, -0.2) is 47.0 Å². The van der Waals surface area contributed by atoms with Gasteiger partial charge in [0.15, 0.2) is 11.9 Å². The van der Waals surface area contributed by atoms with E-state index in [4.69, 9.17) is 4.74 Å². The first-order chi connectivity index (χ1) is 15.2. The molecule has 8 heteroatoms. The predicted molar refractivity (Wildman–Crippen MR) is 117 cm³/mol. The fourth-order valence-electron chi connectivity index (χ4n) is 3.35. The number of para-hydroxylation sites is 1.